The number of benzene rings is 4. The van der Waals surface area contributed by atoms with Gasteiger partial charge in [0, 0.05) is 43.5 Å². The number of halogens is 2. The Morgan fingerprint density at radius 3 is 2.27 bits per heavy atom. The van der Waals surface area contributed by atoms with Crippen molar-refractivity contribution in [1.29, 1.82) is 0 Å². The van der Waals surface area contributed by atoms with Crippen molar-refractivity contribution in [2.45, 2.75) is 62.8 Å². The summed E-state index contributed by atoms with van der Waals surface area (Å²) in [7, 11) is 0. The van der Waals surface area contributed by atoms with Crippen LogP contribution in [0.15, 0.2) is 91.1 Å². The summed E-state index contributed by atoms with van der Waals surface area (Å²) >= 11 is 0. The quantitative estimate of drug-likeness (QED) is 0.122. The van der Waals surface area contributed by atoms with Gasteiger partial charge in [-0.3, -0.25) is 24.2 Å². The summed E-state index contributed by atoms with van der Waals surface area (Å²) < 4.78 is 34.9. The lowest BCUT2D eigenvalue weighted by molar-refractivity contribution is -0.125. The van der Waals surface area contributed by atoms with Crippen LogP contribution in [0.25, 0.3) is 0 Å². The maximum atomic E-state index is 15.0. The molecule has 3 atom stereocenters. The molecule has 9 nitrogen and oxygen atoms in total. The van der Waals surface area contributed by atoms with Crippen molar-refractivity contribution in [2.24, 2.45) is 0 Å². The number of phenolic OH excluding ortho intramolecular Hbond substituents is 1. The summed E-state index contributed by atoms with van der Waals surface area (Å²) in [6.07, 6.45) is 5.08. The number of rotatable bonds is 11. The van der Waals surface area contributed by atoms with Crippen LogP contribution in [0.4, 0.5) is 14.5 Å². The maximum absolute atomic E-state index is 15.0. The van der Waals surface area contributed by atoms with Crippen LogP contribution in [0.5, 0.6) is 11.5 Å². The number of unbranched alkanes of at least 4 members (excludes halogenated alkanes) is 2. The number of hydrogen-bond donors (Lipinski definition) is 2. The molecule has 0 aromatic heterocycles. The zero-order valence-electron chi connectivity index (χ0n) is 31.3. The van der Waals surface area contributed by atoms with Crippen LogP contribution in [0.2, 0.25) is 0 Å². The fraction of sp³-hybridized carbons (Fsp3) is 0.356. The van der Waals surface area contributed by atoms with Gasteiger partial charge < -0.3 is 20.1 Å². The van der Waals surface area contributed by atoms with Gasteiger partial charge in [-0.25, -0.2) is 8.78 Å². The van der Waals surface area contributed by atoms with Crippen LogP contribution < -0.4 is 15.0 Å². The van der Waals surface area contributed by atoms with E-state index in [-0.39, 0.29) is 29.3 Å². The first kappa shape index (κ1) is 37.4. The summed E-state index contributed by atoms with van der Waals surface area (Å²) in [5, 5.41) is 12.7. The Labute approximate surface area is 325 Å². The smallest absolute Gasteiger partial charge is 0.262 e. The first-order valence-corrected chi connectivity index (χ1v) is 19.6. The van der Waals surface area contributed by atoms with Crippen LogP contribution in [-0.2, 0) is 11.2 Å². The number of anilines is 1. The first-order chi connectivity index (χ1) is 27.2. The topological polar surface area (TPSA) is 102 Å². The molecular formula is C45H46F2N4O5. The molecule has 4 aliphatic rings. The second kappa shape index (κ2) is 15.9. The predicted octanol–water partition coefficient (Wildman–Crippen LogP) is 7.29. The van der Waals surface area contributed by atoms with Crippen LogP contribution in [0, 0.1) is 11.6 Å². The third kappa shape index (κ3) is 7.40. The van der Waals surface area contributed by atoms with Gasteiger partial charge in [0.2, 0.25) is 5.91 Å². The molecule has 0 radical (unpaired) electrons. The van der Waals surface area contributed by atoms with Crippen molar-refractivity contribution in [1.82, 2.24) is 15.1 Å². The van der Waals surface area contributed by atoms with Crippen molar-refractivity contribution in [3.63, 3.8) is 0 Å². The van der Waals surface area contributed by atoms with E-state index in [1.165, 1.54) is 18.2 Å². The van der Waals surface area contributed by atoms with Crippen molar-refractivity contribution in [3.05, 3.63) is 136 Å². The Morgan fingerprint density at radius 1 is 0.786 bits per heavy atom. The number of carbonyl (C=O) groups is 3. The standard InChI is InChI=1S/C45H46F2N4O5/c1-28-5-19-39(43(53)48-28)51-44(54)37-15-12-32(27-38(37)45(51)55)50-24-22-49(23-25-50)21-3-2-4-26-56-33-13-8-30(9-14-33)41-34(29-6-10-31(46)11-7-29)16-17-36-35(41)18-20-40(52)42(36)47/h6-15,18,20,27,34,39,41,52H,1-5,16-17,19,21-26H2,(H,48,53)/t34-,39?,41+/m0/s1. The van der Waals surface area contributed by atoms with Crippen LogP contribution in [-0.4, -0.2) is 78.0 Å². The third-order valence-electron chi connectivity index (χ3n) is 11.9. The van der Waals surface area contributed by atoms with E-state index in [4.69, 9.17) is 4.74 Å². The fourth-order valence-corrected chi connectivity index (χ4v) is 8.87. The highest BCUT2D eigenvalue weighted by atomic mass is 19.1. The second-order valence-electron chi connectivity index (χ2n) is 15.3. The van der Waals surface area contributed by atoms with Crippen molar-refractivity contribution in [3.8, 4) is 11.5 Å². The van der Waals surface area contributed by atoms with E-state index in [0.717, 1.165) is 85.0 Å². The molecule has 1 aliphatic carbocycles. The number of fused-ring (bicyclic) bond motifs is 2. The van der Waals surface area contributed by atoms with Crippen LogP contribution in [0.1, 0.15) is 93.3 Å². The van der Waals surface area contributed by atoms with Crippen molar-refractivity contribution < 1.29 is 33.0 Å². The van der Waals surface area contributed by atoms with E-state index in [1.54, 1.807) is 12.1 Å². The molecule has 8 rings (SSSR count). The molecule has 4 aromatic rings. The molecule has 0 bridgehead atoms. The minimum Gasteiger partial charge on any atom is -0.505 e. The number of carbonyl (C=O) groups excluding carboxylic acids is 3. The van der Waals surface area contributed by atoms with Gasteiger partial charge in [-0.2, -0.15) is 0 Å². The Balaban J connectivity index is 0.794. The molecule has 3 heterocycles. The molecule has 0 saturated carbocycles. The highest BCUT2D eigenvalue weighted by molar-refractivity contribution is 6.23. The molecule has 3 aliphatic heterocycles. The fourth-order valence-electron chi connectivity index (χ4n) is 8.87. The maximum Gasteiger partial charge on any atom is 0.262 e. The van der Waals surface area contributed by atoms with Gasteiger partial charge in [0.1, 0.15) is 17.6 Å². The lowest BCUT2D eigenvalue weighted by atomic mass is 9.69. The van der Waals surface area contributed by atoms with Gasteiger partial charge in [-0.15, -0.1) is 0 Å². The summed E-state index contributed by atoms with van der Waals surface area (Å²) in [5.41, 5.74) is 5.61. The van der Waals surface area contributed by atoms with E-state index in [1.807, 2.05) is 48.5 Å². The Bertz CT molecular complexity index is 2150. The number of phenols is 1. The molecule has 3 amide bonds. The lowest BCUT2D eigenvalue weighted by Crippen LogP contribution is -2.51. The van der Waals surface area contributed by atoms with Gasteiger partial charge in [0.25, 0.3) is 11.8 Å². The number of piperidine rings is 1. The number of nitrogens with zero attached hydrogens (tertiary/aromatic N) is 3. The SMILES string of the molecule is C=C1CCC(N2C(=O)c3ccc(N4CCN(CCCCCOc5ccc([C@H]6c7ccc(O)c(F)c7CC[C@H]6c6ccc(F)cc6)cc5)CC4)cc3C2=O)C(=O)N1. The summed E-state index contributed by atoms with van der Waals surface area (Å²) in [4.78, 5) is 44.8. The number of piperazine rings is 1. The minimum absolute atomic E-state index is 0.0322. The van der Waals surface area contributed by atoms with Gasteiger partial charge in [0.15, 0.2) is 11.6 Å². The molecule has 1 unspecified atom stereocenters. The monoisotopic (exact) mass is 760 g/mol. The molecular weight excluding hydrogens is 715 g/mol. The van der Waals surface area contributed by atoms with E-state index in [0.29, 0.717) is 54.7 Å². The average Bonchev–Trinajstić information content (AvgIpc) is 3.46. The zero-order chi connectivity index (χ0) is 38.9. The van der Waals surface area contributed by atoms with E-state index in [9.17, 15) is 23.9 Å². The summed E-state index contributed by atoms with van der Waals surface area (Å²) in [5.74, 6) is -1.74. The van der Waals surface area contributed by atoms with Crippen molar-refractivity contribution in [2.75, 3.05) is 44.2 Å². The van der Waals surface area contributed by atoms with Gasteiger partial charge in [-0.05, 0) is 128 Å². The van der Waals surface area contributed by atoms with E-state index < -0.39 is 23.7 Å². The molecule has 2 N–H and O–H groups in total. The average molecular weight is 761 g/mol. The predicted molar refractivity (Wildman–Crippen MR) is 209 cm³/mol. The van der Waals surface area contributed by atoms with Crippen molar-refractivity contribution >= 4 is 23.4 Å². The third-order valence-corrected chi connectivity index (χ3v) is 11.9. The van der Waals surface area contributed by atoms with Gasteiger partial charge in [-0.1, -0.05) is 36.9 Å². The second-order valence-corrected chi connectivity index (χ2v) is 15.3. The normalized spacial score (nSPS) is 21.2. The number of ether oxygens (including phenoxy) is 1. The molecule has 56 heavy (non-hydrogen) atoms. The van der Waals surface area contributed by atoms with Gasteiger partial charge in [0.05, 0.1) is 17.7 Å². The Kier molecular flexibility index (Phi) is 10.6. The largest absolute Gasteiger partial charge is 0.505 e. The molecule has 11 heteroatoms. The zero-order valence-corrected chi connectivity index (χ0v) is 31.3. The highest BCUT2D eigenvalue weighted by Crippen LogP contribution is 2.48. The summed E-state index contributed by atoms with van der Waals surface area (Å²) in [6, 6.07) is 22.3. The highest BCUT2D eigenvalue weighted by Gasteiger charge is 2.44. The number of hydrogen-bond acceptors (Lipinski definition) is 7. The number of allylic oxidation sites excluding steroid dienone is 1. The number of amides is 3. The molecule has 2 saturated heterocycles. The van der Waals surface area contributed by atoms with E-state index >= 15 is 4.39 Å². The van der Waals surface area contributed by atoms with Crippen LogP contribution in [0.3, 0.4) is 0 Å². The van der Waals surface area contributed by atoms with E-state index in [2.05, 4.69) is 21.7 Å². The van der Waals surface area contributed by atoms with Crippen LogP contribution >= 0.6 is 0 Å². The molecule has 290 valence electrons. The molecule has 4 aromatic carbocycles. The number of nitrogens with one attached hydrogen (secondary N) is 1. The number of aromatic hydroxyl groups is 1. The molecule has 0 spiro atoms. The first-order valence-electron chi connectivity index (χ1n) is 19.6. The Morgan fingerprint density at radius 2 is 1.52 bits per heavy atom. The lowest BCUT2D eigenvalue weighted by Gasteiger charge is -2.36. The van der Waals surface area contributed by atoms with Gasteiger partial charge >= 0.3 is 0 Å². The minimum atomic E-state index is -0.820. The Hall–Kier alpha value is -5.55. The number of imide groups is 1. The molecule has 2 fully saturated rings. The summed E-state index contributed by atoms with van der Waals surface area (Å²) in [6.45, 7) is 8.79.